The number of nitrogens with two attached hydrogens (primary N) is 1. The molecule has 5 N–H and O–H groups in total. The first-order chi connectivity index (χ1) is 7.89. The number of azide groups is 1. The zero-order valence-corrected chi connectivity index (χ0v) is 9.09. The van der Waals surface area contributed by atoms with Gasteiger partial charge in [0.15, 0.2) is 17.6 Å². The fourth-order valence-corrected chi connectivity index (χ4v) is 1.72. The summed E-state index contributed by atoms with van der Waals surface area (Å²) in [6.45, 7) is 0.480. The van der Waals surface area contributed by atoms with Crippen LogP contribution in [0.3, 0.4) is 0 Å². The molecule has 1 heterocycles. The van der Waals surface area contributed by atoms with Crippen molar-refractivity contribution in [1.29, 1.82) is 0 Å². The third-order valence-corrected chi connectivity index (χ3v) is 2.88. The second-order valence-corrected chi connectivity index (χ2v) is 3.84. The predicted molar refractivity (Wildman–Crippen MR) is 54.5 cm³/mol. The Labute approximate surface area is 96.4 Å². The fraction of sp³-hybridized carbons (Fsp3) is 0.875. The molecule has 0 amide bonds. The number of rotatable bonds is 3. The summed E-state index contributed by atoms with van der Waals surface area (Å²) in [5.41, 5.74) is 11.9. The molecule has 0 radical (unpaired) electrons. The van der Waals surface area contributed by atoms with Gasteiger partial charge in [-0.25, -0.2) is 0 Å². The van der Waals surface area contributed by atoms with Crippen molar-refractivity contribution in [2.75, 3.05) is 6.61 Å². The average molecular weight is 246 g/mol. The first-order valence-corrected chi connectivity index (χ1v) is 4.86. The van der Waals surface area contributed by atoms with E-state index in [0.717, 1.165) is 6.92 Å². The van der Waals surface area contributed by atoms with E-state index in [9.17, 15) is 15.0 Å². The van der Waals surface area contributed by atoms with Gasteiger partial charge in [-0.3, -0.25) is 4.79 Å². The van der Waals surface area contributed by atoms with Gasteiger partial charge in [-0.1, -0.05) is 5.11 Å². The molecular weight excluding hydrogens is 232 g/mol. The number of carbonyl (C=O) groups excluding carboxylic acids is 1. The third kappa shape index (κ3) is 2.12. The van der Waals surface area contributed by atoms with Crippen LogP contribution in [-0.4, -0.2) is 57.8 Å². The van der Waals surface area contributed by atoms with Crippen molar-refractivity contribution in [3.63, 3.8) is 0 Å². The van der Waals surface area contributed by atoms with Gasteiger partial charge in [0, 0.05) is 4.91 Å². The molecule has 0 bridgehead atoms. The van der Waals surface area contributed by atoms with Crippen LogP contribution >= 0.6 is 0 Å². The lowest BCUT2D eigenvalue weighted by Crippen LogP contribution is -2.73. The molecule has 0 saturated carbocycles. The molecule has 1 fully saturated rings. The van der Waals surface area contributed by atoms with Gasteiger partial charge in [0.25, 0.3) is 0 Å². The molecule has 0 aromatic carbocycles. The summed E-state index contributed by atoms with van der Waals surface area (Å²) in [4.78, 5) is 13.8. The molecule has 0 spiro atoms. The van der Waals surface area contributed by atoms with E-state index in [1.807, 2.05) is 0 Å². The number of hydrogen-bond donors (Lipinski definition) is 4. The molecule has 9 nitrogen and oxygen atoms in total. The summed E-state index contributed by atoms with van der Waals surface area (Å²) >= 11 is 0. The predicted octanol–water partition coefficient (Wildman–Crippen LogP) is -1.98. The second kappa shape index (κ2) is 4.96. The van der Waals surface area contributed by atoms with Crippen LogP contribution in [-0.2, 0) is 9.53 Å². The highest BCUT2D eigenvalue weighted by Gasteiger charge is 2.55. The molecule has 1 aliphatic heterocycles. The van der Waals surface area contributed by atoms with Gasteiger partial charge in [-0.2, -0.15) is 0 Å². The Hall–Kier alpha value is -1.22. The van der Waals surface area contributed by atoms with E-state index in [4.69, 9.17) is 21.1 Å². The number of ketones is 1. The first kappa shape index (κ1) is 13.8. The number of aliphatic hydroxyl groups is 3. The Kier molecular flexibility index (Phi) is 4.04. The smallest absolute Gasteiger partial charge is 0.182 e. The molecule has 0 aromatic heterocycles. The fourth-order valence-electron chi connectivity index (χ4n) is 1.72. The Bertz CT molecular complexity index is 358. The summed E-state index contributed by atoms with van der Waals surface area (Å²) in [5.74, 6) is -0.716. The van der Waals surface area contributed by atoms with Gasteiger partial charge in [0.1, 0.15) is 0 Å². The van der Waals surface area contributed by atoms with Crippen LogP contribution in [0.4, 0.5) is 0 Å². The van der Waals surface area contributed by atoms with Gasteiger partial charge < -0.3 is 25.8 Å². The van der Waals surface area contributed by atoms with Crippen LogP contribution in [0.15, 0.2) is 5.11 Å². The number of aliphatic hydroxyl groups excluding tert-OH is 3. The van der Waals surface area contributed by atoms with Crippen LogP contribution in [0.25, 0.3) is 10.4 Å². The number of hydrogen-bond acceptors (Lipinski definition) is 7. The van der Waals surface area contributed by atoms with Gasteiger partial charge in [0.05, 0.1) is 24.9 Å². The van der Waals surface area contributed by atoms with Crippen LogP contribution < -0.4 is 5.73 Å². The van der Waals surface area contributed by atoms with Crippen molar-refractivity contribution in [2.24, 2.45) is 10.8 Å². The summed E-state index contributed by atoms with van der Waals surface area (Å²) in [7, 11) is 0. The number of ether oxygens (including phenoxy) is 1. The number of nitrogens with zero attached hydrogens (tertiary/aromatic N) is 3. The van der Waals surface area contributed by atoms with Crippen molar-refractivity contribution in [3.8, 4) is 0 Å². The molecule has 1 unspecified atom stereocenters. The summed E-state index contributed by atoms with van der Waals surface area (Å²) in [5, 5.41) is 31.7. The molecule has 1 aliphatic rings. The van der Waals surface area contributed by atoms with Gasteiger partial charge in [0.2, 0.25) is 0 Å². The maximum absolute atomic E-state index is 11.4. The van der Waals surface area contributed by atoms with Crippen LogP contribution in [0.1, 0.15) is 6.92 Å². The van der Waals surface area contributed by atoms with E-state index in [0.29, 0.717) is 0 Å². The van der Waals surface area contributed by atoms with E-state index in [1.54, 1.807) is 0 Å². The quantitative estimate of drug-likeness (QED) is 0.256. The monoisotopic (exact) mass is 246 g/mol. The van der Waals surface area contributed by atoms with Crippen LogP contribution in [0, 0.1) is 0 Å². The SMILES string of the molecule is CC(=O)[C@]1(N)C(O)O[C@H](CO)[C@@H](N=[N+]=[N-])[C@@H]1O. The topological polar surface area (TPSA) is 162 Å². The average Bonchev–Trinajstić information content (AvgIpc) is 2.29. The maximum atomic E-state index is 11.4. The maximum Gasteiger partial charge on any atom is 0.182 e. The summed E-state index contributed by atoms with van der Waals surface area (Å²) in [6.07, 6.45) is -4.54. The summed E-state index contributed by atoms with van der Waals surface area (Å²) in [6, 6.07) is -1.25. The first-order valence-electron chi connectivity index (χ1n) is 4.86. The molecular formula is C8H14N4O5. The minimum absolute atomic E-state index is 0.591. The minimum atomic E-state index is -2.08. The van der Waals surface area contributed by atoms with E-state index in [2.05, 4.69) is 10.0 Å². The lowest BCUT2D eigenvalue weighted by Gasteiger charge is -2.45. The van der Waals surface area contributed by atoms with Crippen molar-refractivity contribution in [3.05, 3.63) is 10.4 Å². The molecule has 0 aromatic rings. The largest absolute Gasteiger partial charge is 0.394 e. The van der Waals surface area contributed by atoms with Crippen LogP contribution in [0.5, 0.6) is 0 Å². The minimum Gasteiger partial charge on any atom is -0.394 e. The standard InChI is InChI=1S/C8H14N4O5/c1-3(14)8(9)6(15)5(11-12-10)4(2-13)17-7(8)16/h4-7,13,15-16H,2,9H2,1H3/t4-,5-,6+,7?,8-/m1/s1. The Morgan fingerprint density at radius 2 is 2.24 bits per heavy atom. The lowest BCUT2D eigenvalue weighted by atomic mass is 9.80. The Balaban J connectivity index is 3.14. The van der Waals surface area contributed by atoms with E-state index in [1.165, 1.54) is 0 Å². The van der Waals surface area contributed by atoms with Crippen molar-refractivity contribution in [1.82, 2.24) is 0 Å². The van der Waals surface area contributed by atoms with Crippen molar-refractivity contribution < 1.29 is 24.9 Å². The number of carbonyl (C=O) groups is 1. The number of Topliss-reactive ketones (excluding diaryl/α,β-unsaturated/α-hetero) is 1. The highest BCUT2D eigenvalue weighted by molar-refractivity contribution is 5.87. The van der Waals surface area contributed by atoms with Gasteiger partial charge in [-0.15, -0.1) is 0 Å². The molecule has 1 saturated heterocycles. The van der Waals surface area contributed by atoms with Crippen molar-refractivity contribution >= 4 is 5.78 Å². The lowest BCUT2D eigenvalue weighted by molar-refractivity contribution is -0.241. The summed E-state index contributed by atoms with van der Waals surface area (Å²) < 4.78 is 4.88. The zero-order valence-electron chi connectivity index (χ0n) is 9.09. The van der Waals surface area contributed by atoms with Crippen molar-refractivity contribution in [2.45, 2.75) is 37.0 Å². The molecule has 5 atom stereocenters. The van der Waals surface area contributed by atoms with E-state index < -0.39 is 42.5 Å². The normalized spacial score (nSPS) is 41.7. The molecule has 96 valence electrons. The highest BCUT2D eigenvalue weighted by Crippen LogP contribution is 2.29. The molecule has 1 rings (SSSR count). The molecule has 17 heavy (non-hydrogen) atoms. The van der Waals surface area contributed by atoms with Gasteiger partial charge in [-0.05, 0) is 12.5 Å². The van der Waals surface area contributed by atoms with Gasteiger partial charge >= 0.3 is 0 Å². The molecule has 0 aliphatic carbocycles. The van der Waals surface area contributed by atoms with E-state index in [-0.39, 0.29) is 0 Å². The highest BCUT2D eigenvalue weighted by atomic mass is 16.6. The van der Waals surface area contributed by atoms with Crippen LogP contribution in [0.2, 0.25) is 0 Å². The second-order valence-electron chi connectivity index (χ2n) is 3.84. The Morgan fingerprint density at radius 1 is 1.65 bits per heavy atom. The van der Waals surface area contributed by atoms with E-state index >= 15 is 0 Å². The molecule has 9 heteroatoms. The zero-order chi connectivity index (χ0) is 13.2. The third-order valence-electron chi connectivity index (χ3n) is 2.88. The Morgan fingerprint density at radius 3 is 2.65 bits per heavy atom.